The largest absolute Gasteiger partial charge is 0.303 e. The lowest BCUT2D eigenvalue weighted by atomic mass is 10.1. The van der Waals surface area contributed by atoms with Gasteiger partial charge >= 0.3 is 0 Å². The Balaban J connectivity index is 3.02. The Kier molecular flexibility index (Phi) is 3.32. The van der Waals surface area contributed by atoms with Crippen molar-refractivity contribution in [2.24, 2.45) is 5.10 Å². The molecule has 0 aliphatic rings. The van der Waals surface area contributed by atoms with Crippen LogP contribution in [-0.2, 0) is 0 Å². The maximum Gasteiger partial charge on any atom is 0.0661 e. The summed E-state index contributed by atoms with van der Waals surface area (Å²) in [5.74, 6) is 0. The van der Waals surface area contributed by atoms with E-state index < -0.39 is 0 Å². The second kappa shape index (κ2) is 4.28. The van der Waals surface area contributed by atoms with Gasteiger partial charge in [-0.25, -0.2) is 0 Å². The molecule has 0 fully saturated rings. The summed E-state index contributed by atoms with van der Waals surface area (Å²) in [6.45, 7) is 1.95. The van der Waals surface area contributed by atoms with Crippen LogP contribution in [0.2, 0.25) is 5.02 Å². The van der Waals surface area contributed by atoms with Gasteiger partial charge in [0.25, 0.3) is 0 Å². The second-order valence-electron chi connectivity index (χ2n) is 3.01. The van der Waals surface area contributed by atoms with Crippen molar-refractivity contribution in [2.45, 2.75) is 6.92 Å². The van der Waals surface area contributed by atoms with Crippen molar-refractivity contribution in [1.82, 2.24) is 5.01 Å². The van der Waals surface area contributed by atoms with E-state index in [4.69, 9.17) is 11.6 Å². The van der Waals surface area contributed by atoms with Crippen LogP contribution in [-0.4, -0.2) is 24.8 Å². The lowest BCUT2D eigenvalue weighted by Gasteiger charge is -2.08. The highest BCUT2D eigenvalue weighted by Crippen LogP contribution is 2.15. The fraction of sp³-hybridized carbons (Fsp3) is 0.300. The van der Waals surface area contributed by atoms with Crippen LogP contribution in [0.4, 0.5) is 0 Å². The molecule has 2 nitrogen and oxygen atoms in total. The molecule has 0 unspecified atom stereocenters. The molecule has 0 bridgehead atoms. The van der Waals surface area contributed by atoms with E-state index in [0.717, 1.165) is 16.3 Å². The van der Waals surface area contributed by atoms with Gasteiger partial charge in [0, 0.05) is 24.7 Å². The third-order valence-electron chi connectivity index (χ3n) is 1.61. The van der Waals surface area contributed by atoms with E-state index in [1.165, 1.54) is 0 Å². The van der Waals surface area contributed by atoms with Crippen LogP contribution in [0.25, 0.3) is 0 Å². The monoisotopic (exact) mass is 196 g/mol. The third kappa shape index (κ3) is 2.74. The van der Waals surface area contributed by atoms with Crippen molar-refractivity contribution in [3.05, 3.63) is 34.9 Å². The number of benzene rings is 1. The van der Waals surface area contributed by atoms with Gasteiger partial charge in [-0.15, -0.1) is 0 Å². The summed E-state index contributed by atoms with van der Waals surface area (Å²) in [7, 11) is 3.78. The maximum absolute atomic E-state index is 6.00. The molecule has 0 saturated carbocycles. The van der Waals surface area contributed by atoms with Crippen molar-refractivity contribution in [3.63, 3.8) is 0 Å². The molecule has 13 heavy (non-hydrogen) atoms. The fourth-order valence-corrected chi connectivity index (χ4v) is 1.38. The summed E-state index contributed by atoms with van der Waals surface area (Å²) in [4.78, 5) is 0. The highest BCUT2D eigenvalue weighted by atomic mass is 35.5. The number of nitrogens with zero attached hydrogens (tertiary/aromatic N) is 2. The lowest BCUT2D eigenvalue weighted by molar-refractivity contribution is 0.438. The van der Waals surface area contributed by atoms with Crippen LogP contribution in [0, 0.1) is 0 Å². The molecule has 0 radical (unpaired) electrons. The lowest BCUT2D eigenvalue weighted by Crippen LogP contribution is -2.07. The quantitative estimate of drug-likeness (QED) is 0.525. The van der Waals surface area contributed by atoms with Crippen LogP contribution >= 0.6 is 11.6 Å². The van der Waals surface area contributed by atoms with Crippen LogP contribution in [0.3, 0.4) is 0 Å². The van der Waals surface area contributed by atoms with E-state index in [9.17, 15) is 0 Å². The Morgan fingerprint density at radius 1 is 1.31 bits per heavy atom. The highest BCUT2D eigenvalue weighted by Gasteiger charge is 2.01. The van der Waals surface area contributed by atoms with E-state index in [1.807, 2.05) is 45.3 Å². The topological polar surface area (TPSA) is 15.6 Å². The first-order chi connectivity index (χ1) is 6.11. The van der Waals surface area contributed by atoms with Gasteiger partial charge in [0.15, 0.2) is 0 Å². The minimum atomic E-state index is 0.741. The Hall–Kier alpha value is -1.02. The van der Waals surface area contributed by atoms with Gasteiger partial charge in [-0.3, -0.25) is 0 Å². The normalized spacial score (nSPS) is 11.5. The molecule has 1 aromatic carbocycles. The summed E-state index contributed by atoms with van der Waals surface area (Å²) >= 11 is 6.00. The molecule has 0 atom stereocenters. The molecule has 0 spiro atoms. The van der Waals surface area contributed by atoms with Gasteiger partial charge in [0.05, 0.1) is 5.71 Å². The summed E-state index contributed by atoms with van der Waals surface area (Å²) in [6.07, 6.45) is 0. The van der Waals surface area contributed by atoms with Crippen molar-refractivity contribution < 1.29 is 0 Å². The van der Waals surface area contributed by atoms with Gasteiger partial charge in [-0.2, -0.15) is 5.10 Å². The Morgan fingerprint density at radius 3 is 2.46 bits per heavy atom. The standard InChI is InChI=1S/C10H13ClN2/c1-8(12-13(2)3)9-6-4-5-7-10(9)11/h4-7H,1-3H3. The number of halogens is 1. The molecule has 0 heterocycles. The third-order valence-corrected chi connectivity index (χ3v) is 1.94. The molecular formula is C10H13ClN2. The van der Waals surface area contributed by atoms with Gasteiger partial charge in [0.2, 0.25) is 0 Å². The van der Waals surface area contributed by atoms with E-state index in [0.29, 0.717) is 0 Å². The van der Waals surface area contributed by atoms with Crippen molar-refractivity contribution in [3.8, 4) is 0 Å². The zero-order chi connectivity index (χ0) is 9.84. The summed E-state index contributed by atoms with van der Waals surface area (Å²) < 4.78 is 0. The van der Waals surface area contributed by atoms with Crippen molar-refractivity contribution in [2.75, 3.05) is 14.1 Å². The second-order valence-corrected chi connectivity index (χ2v) is 3.42. The molecule has 1 rings (SSSR count). The van der Waals surface area contributed by atoms with Crippen LogP contribution in [0.1, 0.15) is 12.5 Å². The number of rotatable bonds is 2. The molecule has 0 N–H and O–H groups in total. The van der Waals surface area contributed by atoms with Gasteiger partial charge in [0.1, 0.15) is 0 Å². The molecular weight excluding hydrogens is 184 g/mol. The van der Waals surface area contributed by atoms with E-state index in [-0.39, 0.29) is 0 Å². The van der Waals surface area contributed by atoms with Crippen molar-refractivity contribution >= 4 is 17.3 Å². The van der Waals surface area contributed by atoms with Crippen LogP contribution in [0.5, 0.6) is 0 Å². The Morgan fingerprint density at radius 2 is 1.92 bits per heavy atom. The summed E-state index contributed by atoms with van der Waals surface area (Å²) in [6, 6.07) is 7.70. The van der Waals surface area contributed by atoms with E-state index >= 15 is 0 Å². The average Bonchev–Trinajstić information content (AvgIpc) is 2.03. The Labute approximate surface area is 83.8 Å². The SMILES string of the molecule is CC(=NN(C)C)c1ccccc1Cl. The predicted octanol–water partition coefficient (Wildman–Crippen LogP) is 2.63. The minimum absolute atomic E-state index is 0.741. The summed E-state index contributed by atoms with van der Waals surface area (Å²) in [5.41, 5.74) is 1.91. The maximum atomic E-state index is 6.00. The molecule has 70 valence electrons. The Bertz CT molecular complexity index is 318. The molecule has 0 aliphatic heterocycles. The van der Waals surface area contributed by atoms with E-state index in [2.05, 4.69) is 5.10 Å². The van der Waals surface area contributed by atoms with Gasteiger partial charge < -0.3 is 5.01 Å². The first-order valence-electron chi connectivity index (χ1n) is 4.08. The molecule has 0 saturated heterocycles. The smallest absolute Gasteiger partial charge is 0.0661 e. The number of hydrazone groups is 1. The van der Waals surface area contributed by atoms with Crippen molar-refractivity contribution in [1.29, 1.82) is 0 Å². The molecule has 3 heteroatoms. The molecule has 0 aliphatic carbocycles. The predicted molar refractivity (Wildman–Crippen MR) is 57.4 cm³/mol. The minimum Gasteiger partial charge on any atom is -0.303 e. The first kappa shape index (κ1) is 10.1. The molecule has 0 amide bonds. The van der Waals surface area contributed by atoms with E-state index in [1.54, 1.807) is 5.01 Å². The average molecular weight is 197 g/mol. The molecule has 0 aromatic heterocycles. The number of hydrogen-bond donors (Lipinski definition) is 0. The fourth-order valence-electron chi connectivity index (χ4n) is 1.11. The van der Waals surface area contributed by atoms with Crippen LogP contribution in [0.15, 0.2) is 29.4 Å². The highest BCUT2D eigenvalue weighted by molar-refractivity contribution is 6.34. The molecule has 1 aromatic rings. The van der Waals surface area contributed by atoms with Crippen LogP contribution < -0.4 is 0 Å². The van der Waals surface area contributed by atoms with Gasteiger partial charge in [-0.1, -0.05) is 29.8 Å². The van der Waals surface area contributed by atoms with Gasteiger partial charge in [-0.05, 0) is 13.0 Å². The summed E-state index contributed by atoms with van der Waals surface area (Å²) in [5, 5.41) is 6.78. The first-order valence-corrected chi connectivity index (χ1v) is 4.46. The number of hydrogen-bond acceptors (Lipinski definition) is 2. The zero-order valence-electron chi connectivity index (χ0n) is 8.08. The zero-order valence-corrected chi connectivity index (χ0v) is 8.84.